The third-order valence-electron chi connectivity index (χ3n) is 4.53. The Balaban J connectivity index is 1.48. The first-order chi connectivity index (χ1) is 13.2. The van der Waals surface area contributed by atoms with Crippen molar-refractivity contribution >= 4 is 21.8 Å². The van der Waals surface area contributed by atoms with Gasteiger partial charge in [0.05, 0.1) is 7.11 Å². The Labute approximate surface area is 164 Å². The largest absolute Gasteiger partial charge is 0.497 e. The predicted molar refractivity (Wildman–Crippen MR) is 101 cm³/mol. The van der Waals surface area contributed by atoms with Crippen LogP contribution in [0, 0.1) is 0 Å². The standard InChI is InChI=1S/C19H17BrN4O3/c1-26-13-6-4-12(5-7-13)11-24-10-8-14(19(24)25)17-22-23-18(27-17)16-15(20)3-2-9-21-16/h2-7,9,14H,8,10-11H2,1H3. The summed E-state index contributed by atoms with van der Waals surface area (Å²) in [6.07, 6.45) is 2.31. The van der Waals surface area contributed by atoms with Gasteiger partial charge in [-0.25, -0.2) is 4.98 Å². The number of aromatic nitrogens is 3. The minimum absolute atomic E-state index is 0.00102. The van der Waals surface area contributed by atoms with Gasteiger partial charge in [-0.2, -0.15) is 0 Å². The first-order valence-electron chi connectivity index (χ1n) is 8.51. The number of nitrogens with zero attached hydrogens (tertiary/aromatic N) is 4. The summed E-state index contributed by atoms with van der Waals surface area (Å²) >= 11 is 3.42. The molecule has 1 aliphatic rings. The summed E-state index contributed by atoms with van der Waals surface area (Å²) in [6, 6.07) is 11.4. The molecular formula is C19H17BrN4O3. The minimum atomic E-state index is -0.410. The molecule has 4 rings (SSSR count). The molecule has 1 aliphatic heterocycles. The molecule has 8 heteroatoms. The highest BCUT2D eigenvalue weighted by Crippen LogP contribution is 2.32. The Kier molecular flexibility index (Phi) is 4.89. The molecule has 1 fully saturated rings. The Bertz CT molecular complexity index is 958. The second-order valence-corrected chi connectivity index (χ2v) is 7.08. The molecule has 3 aromatic rings. The molecule has 2 aromatic heterocycles. The molecule has 0 radical (unpaired) electrons. The maximum absolute atomic E-state index is 12.8. The van der Waals surface area contributed by atoms with E-state index in [0.717, 1.165) is 15.8 Å². The van der Waals surface area contributed by atoms with Crippen molar-refractivity contribution in [3.63, 3.8) is 0 Å². The van der Waals surface area contributed by atoms with Crippen LogP contribution < -0.4 is 4.74 Å². The third-order valence-corrected chi connectivity index (χ3v) is 5.17. The van der Waals surface area contributed by atoms with Gasteiger partial charge in [0.25, 0.3) is 5.89 Å². The number of carbonyl (C=O) groups is 1. The van der Waals surface area contributed by atoms with E-state index < -0.39 is 5.92 Å². The van der Waals surface area contributed by atoms with Crippen LogP contribution in [0.5, 0.6) is 5.75 Å². The van der Waals surface area contributed by atoms with Gasteiger partial charge in [-0.15, -0.1) is 10.2 Å². The average Bonchev–Trinajstić information content (AvgIpc) is 3.30. The quantitative estimate of drug-likeness (QED) is 0.619. The van der Waals surface area contributed by atoms with Crippen molar-refractivity contribution in [1.82, 2.24) is 20.1 Å². The SMILES string of the molecule is COc1ccc(CN2CCC(c3nnc(-c4ncccc4Br)o3)C2=O)cc1. The second-order valence-electron chi connectivity index (χ2n) is 6.23. The van der Waals surface area contributed by atoms with Crippen LogP contribution in [-0.2, 0) is 11.3 Å². The molecule has 1 saturated heterocycles. The molecule has 138 valence electrons. The molecule has 27 heavy (non-hydrogen) atoms. The zero-order chi connectivity index (χ0) is 18.8. The lowest BCUT2D eigenvalue weighted by Crippen LogP contribution is -2.26. The minimum Gasteiger partial charge on any atom is -0.497 e. The van der Waals surface area contributed by atoms with Gasteiger partial charge < -0.3 is 14.1 Å². The number of rotatable bonds is 5. The van der Waals surface area contributed by atoms with Gasteiger partial charge >= 0.3 is 0 Å². The van der Waals surface area contributed by atoms with E-state index in [0.29, 0.717) is 37.0 Å². The molecule has 1 atom stereocenters. The Morgan fingerprint density at radius 1 is 1.26 bits per heavy atom. The van der Waals surface area contributed by atoms with Gasteiger partial charge in [0, 0.05) is 23.8 Å². The fourth-order valence-corrected chi connectivity index (χ4v) is 3.52. The zero-order valence-corrected chi connectivity index (χ0v) is 16.2. The number of ether oxygens (including phenoxy) is 1. The topological polar surface area (TPSA) is 81.3 Å². The molecule has 0 N–H and O–H groups in total. The molecule has 1 amide bonds. The van der Waals surface area contributed by atoms with Crippen molar-refractivity contribution in [1.29, 1.82) is 0 Å². The van der Waals surface area contributed by atoms with Gasteiger partial charge in [0.1, 0.15) is 17.4 Å². The highest BCUT2D eigenvalue weighted by Gasteiger charge is 2.36. The summed E-state index contributed by atoms with van der Waals surface area (Å²) in [5.74, 6) is 1.03. The lowest BCUT2D eigenvalue weighted by atomic mass is 10.1. The molecule has 0 bridgehead atoms. The average molecular weight is 429 g/mol. The van der Waals surface area contributed by atoms with Crippen molar-refractivity contribution in [2.75, 3.05) is 13.7 Å². The third kappa shape index (κ3) is 3.57. The number of hydrogen-bond acceptors (Lipinski definition) is 6. The summed E-state index contributed by atoms with van der Waals surface area (Å²) in [6.45, 7) is 1.20. The summed E-state index contributed by atoms with van der Waals surface area (Å²) in [5, 5.41) is 8.15. The van der Waals surface area contributed by atoms with Crippen LogP contribution in [0.25, 0.3) is 11.6 Å². The number of likely N-dealkylation sites (tertiary alicyclic amines) is 1. The molecule has 7 nitrogen and oxygen atoms in total. The fourth-order valence-electron chi connectivity index (χ4n) is 3.09. The van der Waals surface area contributed by atoms with Crippen LogP contribution in [0.4, 0.5) is 0 Å². The predicted octanol–water partition coefficient (Wildman–Crippen LogP) is 3.42. The van der Waals surface area contributed by atoms with Crippen molar-refractivity contribution in [3.8, 4) is 17.3 Å². The van der Waals surface area contributed by atoms with Crippen molar-refractivity contribution in [2.45, 2.75) is 18.9 Å². The highest BCUT2D eigenvalue weighted by atomic mass is 79.9. The zero-order valence-electron chi connectivity index (χ0n) is 14.6. The van der Waals surface area contributed by atoms with Gasteiger partial charge in [-0.3, -0.25) is 4.79 Å². The number of halogens is 1. The molecular weight excluding hydrogens is 412 g/mol. The number of amides is 1. The Hall–Kier alpha value is -2.74. The van der Waals surface area contributed by atoms with Crippen LogP contribution in [-0.4, -0.2) is 39.6 Å². The molecule has 0 aliphatic carbocycles. The van der Waals surface area contributed by atoms with E-state index in [1.165, 1.54) is 0 Å². The summed E-state index contributed by atoms with van der Waals surface area (Å²) < 4.78 is 11.7. The van der Waals surface area contributed by atoms with Crippen molar-refractivity contribution in [3.05, 3.63) is 58.5 Å². The lowest BCUT2D eigenvalue weighted by molar-refractivity contribution is -0.129. The van der Waals surface area contributed by atoms with E-state index in [2.05, 4.69) is 31.1 Å². The molecule has 3 heterocycles. The van der Waals surface area contributed by atoms with Gasteiger partial charge in [0.2, 0.25) is 11.8 Å². The Morgan fingerprint density at radius 2 is 2.07 bits per heavy atom. The monoisotopic (exact) mass is 428 g/mol. The van der Waals surface area contributed by atoms with E-state index in [4.69, 9.17) is 9.15 Å². The normalized spacial score (nSPS) is 16.7. The number of pyridine rings is 1. The van der Waals surface area contributed by atoms with Crippen LogP contribution in [0.2, 0.25) is 0 Å². The number of carbonyl (C=O) groups excluding carboxylic acids is 1. The molecule has 1 unspecified atom stereocenters. The summed E-state index contributed by atoms with van der Waals surface area (Å²) in [5.41, 5.74) is 1.62. The van der Waals surface area contributed by atoms with Gasteiger partial charge in [-0.1, -0.05) is 12.1 Å². The van der Waals surface area contributed by atoms with Crippen LogP contribution in [0.15, 0.2) is 51.5 Å². The van der Waals surface area contributed by atoms with Crippen molar-refractivity contribution in [2.24, 2.45) is 0 Å². The first kappa shape index (κ1) is 17.7. The maximum Gasteiger partial charge on any atom is 0.267 e. The van der Waals surface area contributed by atoms with Gasteiger partial charge in [-0.05, 0) is 52.2 Å². The van der Waals surface area contributed by atoms with Crippen molar-refractivity contribution < 1.29 is 13.9 Å². The van der Waals surface area contributed by atoms with Crippen LogP contribution >= 0.6 is 15.9 Å². The number of methoxy groups -OCH3 is 1. The van der Waals surface area contributed by atoms with E-state index in [9.17, 15) is 4.79 Å². The van der Waals surface area contributed by atoms with Crippen LogP contribution in [0.1, 0.15) is 23.8 Å². The van der Waals surface area contributed by atoms with Crippen LogP contribution in [0.3, 0.4) is 0 Å². The first-order valence-corrected chi connectivity index (χ1v) is 9.31. The van der Waals surface area contributed by atoms with E-state index >= 15 is 0 Å². The fraction of sp³-hybridized carbons (Fsp3) is 0.263. The highest BCUT2D eigenvalue weighted by molar-refractivity contribution is 9.10. The second kappa shape index (κ2) is 7.48. The summed E-state index contributed by atoms with van der Waals surface area (Å²) in [4.78, 5) is 18.9. The smallest absolute Gasteiger partial charge is 0.267 e. The lowest BCUT2D eigenvalue weighted by Gasteiger charge is -2.16. The van der Waals surface area contributed by atoms with E-state index in [-0.39, 0.29) is 5.91 Å². The van der Waals surface area contributed by atoms with Gasteiger partial charge in [0.15, 0.2) is 0 Å². The summed E-state index contributed by atoms with van der Waals surface area (Å²) in [7, 11) is 1.63. The molecule has 0 spiro atoms. The number of hydrogen-bond donors (Lipinski definition) is 0. The van der Waals surface area contributed by atoms with E-state index in [1.54, 1.807) is 13.3 Å². The maximum atomic E-state index is 12.8. The molecule has 0 saturated carbocycles. The number of benzene rings is 1. The Morgan fingerprint density at radius 3 is 2.81 bits per heavy atom. The molecule has 1 aromatic carbocycles. The van der Waals surface area contributed by atoms with E-state index in [1.807, 2.05) is 41.3 Å².